The fourth-order valence-corrected chi connectivity index (χ4v) is 2.03. The molecule has 1 heterocycles. The van der Waals surface area contributed by atoms with Crippen LogP contribution in [0.5, 0.6) is 0 Å². The molecule has 0 amide bonds. The molecule has 0 aliphatic heterocycles. The summed E-state index contributed by atoms with van der Waals surface area (Å²) in [6.07, 6.45) is 2.96. The molecule has 4 nitrogen and oxygen atoms in total. The normalized spacial score (nSPS) is 22.9. The van der Waals surface area contributed by atoms with E-state index < -0.39 is 0 Å². The third-order valence-corrected chi connectivity index (χ3v) is 3.43. The van der Waals surface area contributed by atoms with E-state index in [2.05, 4.69) is 35.8 Å². The number of fused-ring (bicyclic) bond motifs is 1. The molecule has 0 saturated heterocycles. The molecule has 0 aromatic carbocycles. The summed E-state index contributed by atoms with van der Waals surface area (Å²) in [7, 11) is 0. The molecule has 0 bridgehead atoms. The number of aryl methyl sites for hydroxylation is 1. The van der Waals surface area contributed by atoms with E-state index in [9.17, 15) is 0 Å². The number of nitrogens with zero attached hydrogens (tertiary/aromatic N) is 3. The Hall–Kier alpha value is -0.900. The first-order valence-electron chi connectivity index (χ1n) is 5.78. The smallest absolute Gasteiger partial charge is 0.0860 e. The lowest BCUT2D eigenvalue weighted by Gasteiger charge is -2.22. The molecule has 0 saturated carbocycles. The van der Waals surface area contributed by atoms with Gasteiger partial charge in [0, 0.05) is 12.5 Å². The van der Waals surface area contributed by atoms with Crippen molar-refractivity contribution in [3.8, 4) is 0 Å². The number of aromatic nitrogens is 3. The molecule has 0 unspecified atom stereocenters. The summed E-state index contributed by atoms with van der Waals surface area (Å²) < 4.78 is 2.07. The van der Waals surface area contributed by atoms with Crippen molar-refractivity contribution in [2.75, 3.05) is 0 Å². The minimum absolute atomic E-state index is 0.286. The van der Waals surface area contributed by atoms with Gasteiger partial charge in [-0.25, -0.2) is 4.68 Å². The van der Waals surface area contributed by atoms with Gasteiger partial charge in [-0.15, -0.1) is 5.10 Å². The number of rotatable bonds is 2. The van der Waals surface area contributed by atoms with Gasteiger partial charge in [0.25, 0.3) is 0 Å². The van der Waals surface area contributed by atoms with Gasteiger partial charge in [-0.05, 0) is 25.7 Å². The van der Waals surface area contributed by atoms with Crippen molar-refractivity contribution in [2.45, 2.75) is 52.1 Å². The molecular formula is C11H20N4. The first kappa shape index (κ1) is 10.6. The predicted octanol–water partition coefficient (Wildman–Crippen LogP) is 1.31. The van der Waals surface area contributed by atoms with Gasteiger partial charge in [-0.2, -0.15) is 0 Å². The minimum atomic E-state index is 0.286. The number of nitrogens with two attached hydrogens (primary N) is 1. The van der Waals surface area contributed by atoms with Gasteiger partial charge >= 0.3 is 0 Å². The van der Waals surface area contributed by atoms with Crippen molar-refractivity contribution in [3.05, 3.63) is 11.4 Å². The van der Waals surface area contributed by atoms with Crippen LogP contribution in [0.1, 0.15) is 44.6 Å². The summed E-state index contributed by atoms with van der Waals surface area (Å²) in [6.45, 7) is 6.61. The van der Waals surface area contributed by atoms with Crippen LogP contribution < -0.4 is 5.73 Å². The highest BCUT2D eigenvalue weighted by atomic mass is 15.4. The van der Waals surface area contributed by atoms with Crippen molar-refractivity contribution in [2.24, 2.45) is 11.7 Å². The average Bonchev–Trinajstić information content (AvgIpc) is 2.59. The second-order valence-electron chi connectivity index (χ2n) is 4.91. The Morgan fingerprint density at radius 3 is 2.80 bits per heavy atom. The molecule has 15 heavy (non-hydrogen) atoms. The molecule has 0 spiro atoms. The Balaban J connectivity index is 2.30. The van der Waals surface area contributed by atoms with Crippen molar-refractivity contribution < 1.29 is 0 Å². The van der Waals surface area contributed by atoms with Gasteiger partial charge in [0.1, 0.15) is 0 Å². The Morgan fingerprint density at radius 1 is 1.40 bits per heavy atom. The summed E-state index contributed by atoms with van der Waals surface area (Å²) >= 11 is 0. The molecule has 1 aliphatic carbocycles. The van der Waals surface area contributed by atoms with E-state index in [-0.39, 0.29) is 6.04 Å². The molecule has 4 heteroatoms. The zero-order valence-electron chi connectivity index (χ0n) is 9.77. The molecule has 1 aromatic heterocycles. The van der Waals surface area contributed by atoms with E-state index in [0.29, 0.717) is 12.0 Å². The predicted molar refractivity (Wildman–Crippen MR) is 59.6 cm³/mol. The number of hydrogen-bond acceptors (Lipinski definition) is 3. The summed E-state index contributed by atoms with van der Waals surface area (Å²) in [5, 5.41) is 8.52. The van der Waals surface area contributed by atoms with Gasteiger partial charge in [0.2, 0.25) is 0 Å². The summed E-state index contributed by atoms with van der Waals surface area (Å²) in [5.74, 6) is 0.578. The average molecular weight is 208 g/mol. The Bertz CT molecular complexity index is 342. The first-order valence-corrected chi connectivity index (χ1v) is 5.78. The van der Waals surface area contributed by atoms with Gasteiger partial charge in [0.15, 0.2) is 0 Å². The fraction of sp³-hybridized carbons (Fsp3) is 0.818. The molecule has 2 rings (SSSR count). The monoisotopic (exact) mass is 208 g/mol. The molecule has 2 N–H and O–H groups in total. The lowest BCUT2D eigenvalue weighted by molar-refractivity contribution is 0.353. The fourth-order valence-electron chi connectivity index (χ4n) is 2.03. The molecule has 84 valence electrons. The molecule has 0 radical (unpaired) electrons. The second-order valence-corrected chi connectivity index (χ2v) is 4.91. The van der Waals surface area contributed by atoms with E-state index in [1.807, 2.05) is 0 Å². The lowest BCUT2D eigenvalue weighted by atomic mass is 9.95. The van der Waals surface area contributed by atoms with Gasteiger partial charge in [-0.3, -0.25) is 0 Å². The third-order valence-electron chi connectivity index (χ3n) is 3.43. The summed E-state index contributed by atoms with van der Waals surface area (Å²) in [5.41, 5.74) is 8.40. The summed E-state index contributed by atoms with van der Waals surface area (Å²) in [4.78, 5) is 0. The second kappa shape index (κ2) is 3.93. The van der Waals surface area contributed by atoms with Crippen molar-refractivity contribution in [3.63, 3.8) is 0 Å². The van der Waals surface area contributed by atoms with Gasteiger partial charge in [0.05, 0.1) is 17.4 Å². The Kier molecular flexibility index (Phi) is 2.78. The van der Waals surface area contributed by atoms with Gasteiger partial charge in [-0.1, -0.05) is 19.1 Å². The van der Waals surface area contributed by atoms with Crippen LogP contribution in [0.2, 0.25) is 0 Å². The zero-order chi connectivity index (χ0) is 11.0. The van der Waals surface area contributed by atoms with E-state index >= 15 is 0 Å². The molecule has 1 aromatic rings. The topological polar surface area (TPSA) is 56.7 Å². The van der Waals surface area contributed by atoms with Crippen molar-refractivity contribution in [1.82, 2.24) is 15.0 Å². The molecule has 0 fully saturated rings. The van der Waals surface area contributed by atoms with Crippen LogP contribution in [0.25, 0.3) is 0 Å². The maximum absolute atomic E-state index is 5.99. The van der Waals surface area contributed by atoms with Crippen molar-refractivity contribution >= 4 is 0 Å². The highest BCUT2D eigenvalue weighted by Gasteiger charge is 2.24. The Labute approximate surface area is 90.8 Å². The van der Waals surface area contributed by atoms with Crippen LogP contribution in [0.15, 0.2) is 0 Å². The SMILES string of the molecule is CC(C)[C@H](C)n1nnc2c1C[C@@H](N)CC2. The maximum atomic E-state index is 5.99. The summed E-state index contributed by atoms with van der Waals surface area (Å²) in [6, 6.07) is 0.695. The van der Waals surface area contributed by atoms with Crippen LogP contribution in [-0.4, -0.2) is 21.0 Å². The van der Waals surface area contributed by atoms with Crippen LogP contribution in [0.4, 0.5) is 0 Å². The first-order chi connectivity index (χ1) is 7.09. The molecular weight excluding hydrogens is 188 g/mol. The molecule has 1 aliphatic rings. The Morgan fingerprint density at radius 2 is 2.13 bits per heavy atom. The molecule has 2 atom stereocenters. The highest BCUT2D eigenvalue weighted by Crippen LogP contribution is 2.24. The standard InChI is InChI=1S/C11H20N4/c1-7(2)8(3)15-11-6-9(12)4-5-10(11)13-14-15/h7-9H,4-6,12H2,1-3H3/t8-,9-/m0/s1. The largest absolute Gasteiger partial charge is 0.327 e. The van der Waals surface area contributed by atoms with E-state index in [4.69, 9.17) is 5.73 Å². The highest BCUT2D eigenvalue weighted by molar-refractivity contribution is 5.16. The van der Waals surface area contributed by atoms with Crippen LogP contribution in [0.3, 0.4) is 0 Å². The quantitative estimate of drug-likeness (QED) is 0.797. The maximum Gasteiger partial charge on any atom is 0.0860 e. The van der Waals surface area contributed by atoms with Gasteiger partial charge < -0.3 is 5.73 Å². The van der Waals surface area contributed by atoms with Crippen LogP contribution >= 0.6 is 0 Å². The lowest BCUT2D eigenvalue weighted by Crippen LogP contribution is -2.30. The van der Waals surface area contributed by atoms with E-state index in [1.165, 1.54) is 5.69 Å². The number of hydrogen-bond donors (Lipinski definition) is 1. The van der Waals surface area contributed by atoms with E-state index in [1.54, 1.807) is 0 Å². The van der Waals surface area contributed by atoms with Crippen LogP contribution in [0, 0.1) is 5.92 Å². The zero-order valence-corrected chi connectivity index (χ0v) is 9.77. The van der Waals surface area contributed by atoms with Crippen LogP contribution in [-0.2, 0) is 12.8 Å². The minimum Gasteiger partial charge on any atom is -0.327 e. The van der Waals surface area contributed by atoms with Crippen molar-refractivity contribution in [1.29, 1.82) is 0 Å². The third kappa shape index (κ3) is 1.91. The van der Waals surface area contributed by atoms with E-state index in [0.717, 1.165) is 25.0 Å².